The zero-order valence-corrected chi connectivity index (χ0v) is 10.2. The van der Waals surface area contributed by atoms with Gasteiger partial charge in [-0.1, -0.05) is 18.2 Å². The Morgan fingerprint density at radius 2 is 2.11 bits per heavy atom. The summed E-state index contributed by atoms with van der Waals surface area (Å²) in [6.07, 6.45) is 0.633. The molecular weight excluding hydrogens is 230 g/mol. The number of benzene rings is 1. The largest absolute Gasteiger partial charge is 0.466 e. The third kappa shape index (κ3) is 2.77. The summed E-state index contributed by atoms with van der Waals surface area (Å²) in [6, 6.07) is 9.39. The quantitative estimate of drug-likeness (QED) is 0.838. The Bertz CT molecular complexity index is 616. The zero-order chi connectivity index (χ0) is 13.0. The van der Waals surface area contributed by atoms with Gasteiger partial charge in [0, 0.05) is 17.5 Å². The number of ether oxygens (including phenoxy) is 1. The molecule has 18 heavy (non-hydrogen) atoms. The van der Waals surface area contributed by atoms with E-state index in [1.807, 2.05) is 30.3 Å². The molecule has 1 aromatic carbocycles. The fourth-order valence-corrected chi connectivity index (χ4v) is 1.85. The number of para-hydroxylation sites is 1. The van der Waals surface area contributed by atoms with Crippen molar-refractivity contribution in [1.29, 1.82) is 0 Å². The van der Waals surface area contributed by atoms with Gasteiger partial charge in [0.1, 0.15) is 0 Å². The highest BCUT2D eigenvalue weighted by Gasteiger charge is 2.06. The minimum atomic E-state index is -0.273. The van der Waals surface area contributed by atoms with Crippen LogP contribution in [0.2, 0.25) is 0 Å². The average molecular weight is 245 g/mol. The molecule has 0 bridgehead atoms. The number of pyridine rings is 1. The fraction of sp³-hybridized carbons (Fsp3) is 0.286. The Morgan fingerprint density at radius 1 is 1.33 bits per heavy atom. The smallest absolute Gasteiger partial charge is 0.306 e. The predicted octanol–water partition coefficient (Wildman–Crippen LogP) is 2.02. The van der Waals surface area contributed by atoms with Crippen LogP contribution in [0.4, 0.5) is 0 Å². The molecule has 0 spiro atoms. The molecule has 1 heterocycles. The second kappa shape index (κ2) is 5.49. The van der Waals surface area contributed by atoms with Gasteiger partial charge >= 0.3 is 5.97 Å². The van der Waals surface area contributed by atoms with Gasteiger partial charge in [0.25, 0.3) is 5.56 Å². The lowest BCUT2D eigenvalue weighted by Crippen LogP contribution is -2.14. The van der Waals surface area contributed by atoms with E-state index in [9.17, 15) is 9.59 Å². The fourth-order valence-electron chi connectivity index (χ4n) is 1.85. The zero-order valence-electron chi connectivity index (χ0n) is 10.2. The number of fused-ring (bicyclic) bond motifs is 1. The van der Waals surface area contributed by atoms with Crippen LogP contribution in [-0.4, -0.2) is 17.6 Å². The van der Waals surface area contributed by atoms with E-state index in [0.717, 1.165) is 10.9 Å². The van der Waals surface area contributed by atoms with Gasteiger partial charge in [-0.3, -0.25) is 9.59 Å². The molecule has 0 radical (unpaired) electrons. The van der Waals surface area contributed by atoms with Crippen LogP contribution in [0, 0.1) is 0 Å². The van der Waals surface area contributed by atoms with Crippen LogP contribution in [0.3, 0.4) is 0 Å². The first-order chi connectivity index (χ1) is 8.70. The minimum Gasteiger partial charge on any atom is -0.466 e. The summed E-state index contributed by atoms with van der Waals surface area (Å²) >= 11 is 0. The number of esters is 1. The number of rotatable bonds is 4. The van der Waals surface area contributed by atoms with Crippen LogP contribution in [0.15, 0.2) is 35.1 Å². The highest BCUT2D eigenvalue weighted by molar-refractivity contribution is 5.79. The molecule has 0 saturated carbocycles. The molecule has 0 aliphatic rings. The lowest BCUT2D eigenvalue weighted by Gasteiger charge is -2.03. The number of nitrogens with one attached hydrogen (secondary N) is 1. The molecule has 2 rings (SSSR count). The number of aromatic nitrogens is 1. The van der Waals surface area contributed by atoms with Crippen molar-refractivity contribution in [2.24, 2.45) is 0 Å². The molecule has 4 heteroatoms. The van der Waals surface area contributed by atoms with Crippen molar-refractivity contribution in [2.75, 3.05) is 6.61 Å². The van der Waals surface area contributed by atoms with E-state index in [-0.39, 0.29) is 17.9 Å². The highest BCUT2D eigenvalue weighted by Crippen LogP contribution is 2.11. The van der Waals surface area contributed by atoms with Gasteiger partial charge in [-0.05, 0) is 30.9 Å². The topological polar surface area (TPSA) is 59.2 Å². The molecule has 0 saturated heterocycles. The van der Waals surface area contributed by atoms with Crippen molar-refractivity contribution >= 4 is 16.9 Å². The van der Waals surface area contributed by atoms with Crippen molar-refractivity contribution in [3.05, 3.63) is 46.2 Å². The molecule has 0 atom stereocenters. The number of hydrogen-bond acceptors (Lipinski definition) is 3. The molecule has 0 unspecified atom stereocenters. The van der Waals surface area contributed by atoms with Crippen LogP contribution >= 0.6 is 0 Å². The molecular formula is C14H15NO3. The first-order valence-electron chi connectivity index (χ1n) is 5.97. The Morgan fingerprint density at radius 3 is 2.89 bits per heavy atom. The summed E-state index contributed by atoms with van der Waals surface area (Å²) in [5.74, 6) is -0.273. The molecule has 94 valence electrons. The van der Waals surface area contributed by atoms with Crippen molar-refractivity contribution in [1.82, 2.24) is 4.98 Å². The number of carbonyl (C=O) groups is 1. The molecule has 2 aromatic rings. The normalized spacial score (nSPS) is 10.5. The van der Waals surface area contributed by atoms with Gasteiger partial charge in [0.05, 0.1) is 6.61 Å². The third-order valence-corrected chi connectivity index (χ3v) is 2.73. The Labute approximate surface area is 105 Å². The summed E-state index contributed by atoms with van der Waals surface area (Å²) < 4.78 is 4.84. The van der Waals surface area contributed by atoms with E-state index in [1.165, 1.54) is 0 Å². The van der Waals surface area contributed by atoms with Crippen molar-refractivity contribution in [3.63, 3.8) is 0 Å². The van der Waals surface area contributed by atoms with Gasteiger partial charge in [-0.15, -0.1) is 0 Å². The maximum absolute atomic E-state index is 11.8. The summed E-state index contributed by atoms with van der Waals surface area (Å²) in [6.45, 7) is 2.13. The Balaban J connectivity index is 2.20. The SMILES string of the molecule is CCOC(=O)CCc1cc2ccccc2[nH]c1=O. The van der Waals surface area contributed by atoms with E-state index in [2.05, 4.69) is 4.98 Å². The molecule has 4 nitrogen and oxygen atoms in total. The standard InChI is InChI=1S/C14H15NO3/c1-2-18-13(16)8-7-11-9-10-5-3-4-6-12(10)15-14(11)17/h3-6,9H,2,7-8H2,1H3,(H,15,17). The number of hydrogen-bond donors (Lipinski definition) is 1. The van der Waals surface area contributed by atoms with E-state index in [4.69, 9.17) is 4.74 Å². The van der Waals surface area contributed by atoms with E-state index in [0.29, 0.717) is 18.6 Å². The number of aromatic amines is 1. The molecule has 0 fully saturated rings. The molecule has 1 N–H and O–H groups in total. The number of H-pyrrole nitrogens is 1. The lowest BCUT2D eigenvalue weighted by atomic mass is 10.1. The molecule has 1 aromatic heterocycles. The summed E-state index contributed by atoms with van der Waals surface area (Å²) in [5.41, 5.74) is 1.28. The number of aryl methyl sites for hydroxylation is 1. The maximum Gasteiger partial charge on any atom is 0.306 e. The average Bonchev–Trinajstić information content (AvgIpc) is 2.36. The predicted molar refractivity (Wildman–Crippen MR) is 69.5 cm³/mol. The second-order valence-corrected chi connectivity index (χ2v) is 4.02. The maximum atomic E-state index is 11.8. The van der Waals surface area contributed by atoms with Crippen LogP contribution in [0.5, 0.6) is 0 Å². The van der Waals surface area contributed by atoms with E-state index < -0.39 is 0 Å². The molecule has 0 aliphatic carbocycles. The van der Waals surface area contributed by atoms with E-state index in [1.54, 1.807) is 6.92 Å². The van der Waals surface area contributed by atoms with Gasteiger partial charge < -0.3 is 9.72 Å². The van der Waals surface area contributed by atoms with Crippen LogP contribution in [0.25, 0.3) is 10.9 Å². The number of carbonyl (C=O) groups excluding carboxylic acids is 1. The first kappa shape index (κ1) is 12.4. The lowest BCUT2D eigenvalue weighted by molar-refractivity contribution is -0.143. The van der Waals surface area contributed by atoms with E-state index >= 15 is 0 Å². The second-order valence-electron chi connectivity index (χ2n) is 4.02. The highest BCUT2D eigenvalue weighted by atomic mass is 16.5. The van der Waals surface area contributed by atoms with Crippen LogP contribution in [0.1, 0.15) is 18.9 Å². The minimum absolute atomic E-state index is 0.141. The van der Waals surface area contributed by atoms with Gasteiger partial charge in [0.2, 0.25) is 0 Å². The van der Waals surface area contributed by atoms with Crippen molar-refractivity contribution in [3.8, 4) is 0 Å². The molecule has 0 aliphatic heterocycles. The van der Waals surface area contributed by atoms with Crippen LogP contribution in [-0.2, 0) is 16.0 Å². The van der Waals surface area contributed by atoms with Gasteiger partial charge in [-0.25, -0.2) is 0 Å². The molecule has 0 amide bonds. The van der Waals surface area contributed by atoms with Crippen LogP contribution < -0.4 is 5.56 Å². The Hall–Kier alpha value is -2.10. The summed E-state index contributed by atoms with van der Waals surface area (Å²) in [5, 5.41) is 0.968. The summed E-state index contributed by atoms with van der Waals surface area (Å²) in [7, 11) is 0. The van der Waals surface area contributed by atoms with Gasteiger partial charge in [0.15, 0.2) is 0 Å². The Kier molecular flexibility index (Phi) is 3.77. The first-order valence-corrected chi connectivity index (χ1v) is 5.97. The van der Waals surface area contributed by atoms with Crippen molar-refractivity contribution in [2.45, 2.75) is 19.8 Å². The third-order valence-electron chi connectivity index (χ3n) is 2.73. The van der Waals surface area contributed by atoms with Gasteiger partial charge in [-0.2, -0.15) is 0 Å². The summed E-state index contributed by atoms with van der Waals surface area (Å²) in [4.78, 5) is 25.9. The van der Waals surface area contributed by atoms with Crippen molar-refractivity contribution < 1.29 is 9.53 Å². The monoisotopic (exact) mass is 245 g/mol.